The molecular formula is C17H28ClNS. The SMILES string of the molecule is CCCNC(CCC(C)(C)C)CSc1ccc(Cl)cc1. The van der Waals surface area contributed by atoms with Crippen molar-refractivity contribution in [1.82, 2.24) is 5.32 Å². The van der Waals surface area contributed by atoms with Crippen LogP contribution in [0.1, 0.15) is 47.0 Å². The van der Waals surface area contributed by atoms with Crippen molar-refractivity contribution >= 4 is 23.4 Å². The first-order valence-electron chi connectivity index (χ1n) is 7.52. The van der Waals surface area contributed by atoms with Crippen LogP contribution in [0.5, 0.6) is 0 Å². The molecule has 1 rings (SSSR count). The summed E-state index contributed by atoms with van der Waals surface area (Å²) in [6.45, 7) is 10.3. The summed E-state index contributed by atoms with van der Waals surface area (Å²) in [5, 5.41) is 4.48. The summed E-state index contributed by atoms with van der Waals surface area (Å²) in [4.78, 5) is 1.30. The van der Waals surface area contributed by atoms with E-state index >= 15 is 0 Å². The van der Waals surface area contributed by atoms with Crippen molar-refractivity contribution in [2.45, 2.75) is 57.9 Å². The Labute approximate surface area is 133 Å². The van der Waals surface area contributed by atoms with Crippen molar-refractivity contribution < 1.29 is 0 Å². The van der Waals surface area contributed by atoms with E-state index in [1.807, 2.05) is 23.9 Å². The lowest BCUT2D eigenvalue weighted by atomic mass is 9.89. The third-order valence-corrected chi connectivity index (χ3v) is 4.62. The lowest BCUT2D eigenvalue weighted by molar-refractivity contribution is 0.338. The predicted molar refractivity (Wildman–Crippen MR) is 92.9 cm³/mol. The molecule has 1 aromatic carbocycles. The molecule has 0 aliphatic rings. The third-order valence-electron chi connectivity index (χ3n) is 3.19. The molecule has 0 aliphatic carbocycles. The van der Waals surface area contributed by atoms with Gasteiger partial charge in [-0.1, -0.05) is 39.3 Å². The number of hydrogen-bond donors (Lipinski definition) is 1. The highest BCUT2D eigenvalue weighted by molar-refractivity contribution is 7.99. The van der Waals surface area contributed by atoms with Crippen molar-refractivity contribution in [1.29, 1.82) is 0 Å². The van der Waals surface area contributed by atoms with Crippen LogP contribution in [0.2, 0.25) is 5.02 Å². The van der Waals surface area contributed by atoms with E-state index in [0.717, 1.165) is 17.3 Å². The van der Waals surface area contributed by atoms with E-state index in [9.17, 15) is 0 Å². The molecule has 0 bridgehead atoms. The van der Waals surface area contributed by atoms with Crippen LogP contribution in [0.15, 0.2) is 29.2 Å². The maximum absolute atomic E-state index is 5.92. The summed E-state index contributed by atoms with van der Waals surface area (Å²) >= 11 is 7.84. The summed E-state index contributed by atoms with van der Waals surface area (Å²) in [7, 11) is 0. The molecule has 0 aliphatic heterocycles. The number of nitrogens with one attached hydrogen (secondary N) is 1. The number of benzene rings is 1. The minimum atomic E-state index is 0.414. The molecule has 1 aromatic rings. The summed E-state index contributed by atoms with van der Waals surface area (Å²) in [5.41, 5.74) is 0.414. The summed E-state index contributed by atoms with van der Waals surface area (Å²) in [6.07, 6.45) is 3.69. The van der Waals surface area contributed by atoms with Crippen molar-refractivity contribution in [3.63, 3.8) is 0 Å². The van der Waals surface area contributed by atoms with Crippen LogP contribution < -0.4 is 5.32 Å². The zero-order valence-electron chi connectivity index (χ0n) is 13.2. The fraction of sp³-hybridized carbons (Fsp3) is 0.647. The first-order chi connectivity index (χ1) is 9.40. The lowest BCUT2D eigenvalue weighted by Gasteiger charge is -2.24. The van der Waals surface area contributed by atoms with E-state index in [1.54, 1.807) is 0 Å². The van der Waals surface area contributed by atoms with Crippen LogP contribution in [0.3, 0.4) is 0 Å². The van der Waals surface area contributed by atoms with Gasteiger partial charge in [-0.05, 0) is 55.5 Å². The Hall–Kier alpha value is -0.180. The molecule has 3 heteroatoms. The Kier molecular flexibility index (Phi) is 8.01. The highest BCUT2D eigenvalue weighted by Crippen LogP contribution is 2.25. The lowest BCUT2D eigenvalue weighted by Crippen LogP contribution is -2.33. The van der Waals surface area contributed by atoms with Gasteiger partial charge in [-0.15, -0.1) is 11.8 Å². The van der Waals surface area contributed by atoms with Crippen molar-refractivity contribution in [2.24, 2.45) is 5.41 Å². The van der Waals surface area contributed by atoms with E-state index in [0.29, 0.717) is 11.5 Å². The van der Waals surface area contributed by atoms with E-state index in [1.165, 1.54) is 24.2 Å². The minimum absolute atomic E-state index is 0.414. The van der Waals surface area contributed by atoms with Crippen molar-refractivity contribution in [2.75, 3.05) is 12.3 Å². The molecular weight excluding hydrogens is 286 g/mol. The van der Waals surface area contributed by atoms with Gasteiger partial charge in [0.25, 0.3) is 0 Å². The molecule has 1 unspecified atom stereocenters. The third kappa shape index (κ3) is 8.18. The van der Waals surface area contributed by atoms with Gasteiger partial charge in [0.15, 0.2) is 0 Å². The van der Waals surface area contributed by atoms with Gasteiger partial charge in [0.05, 0.1) is 0 Å². The van der Waals surface area contributed by atoms with Gasteiger partial charge in [-0.25, -0.2) is 0 Å². The van der Waals surface area contributed by atoms with Crippen LogP contribution in [0.4, 0.5) is 0 Å². The van der Waals surface area contributed by atoms with E-state index < -0.39 is 0 Å². The molecule has 0 radical (unpaired) electrons. The molecule has 20 heavy (non-hydrogen) atoms. The number of halogens is 1. The van der Waals surface area contributed by atoms with Crippen LogP contribution >= 0.6 is 23.4 Å². The molecule has 0 fully saturated rings. The summed E-state index contributed by atoms with van der Waals surface area (Å²) < 4.78 is 0. The van der Waals surface area contributed by atoms with Gasteiger partial charge in [0.2, 0.25) is 0 Å². The highest BCUT2D eigenvalue weighted by atomic mass is 35.5. The summed E-state index contributed by atoms with van der Waals surface area (Å²) in [5.74, 6) is 1.12. The molecule has 1 atom stereocenters. The van der Waals surface area contributed by atoms with E-state index in [4.69, 9.17) is 11.6 Å². The predicted octanol–water partition coefficient (Wildman–Crippen LogP) is 5.63. The van der Waals surface area contributed by atoms with Crippen LogP contribution in [-0.4, -0.2) is 18.3 Å². The topological polar surface area (TPSA) is 12.0 Å². The number of hydrogen-bond acceptors (Lipinski definition) is 2. The molecule has 114 valence electrons. The van der Waals surface area contributed by atoms with E-state index in [2.05, 4.69) is 45.1 Å². The molecule has 0 aromatic heterocycles. The van der Waals surface area contributed by atoms with Gasteiger partial charge in [0.1, 0.15) is 0 Å². The fourth-order valence-electron chi connectivity index (χ4n) is 1.93. The Morgan fingerprint density at radius 3 is 2.40 bits per heavy atom. The minimum Gasteiger partial charge on any atom is -0.313 e. The zero-order valence-corrected chi connectivity index (χ0v) is 14.8. The fourth-order valence-corrected chi connectivity index (χ4v) is 3.06. The molecule has 1 N–H and O–H groups in total. The Balaban J connectivity index is 2.44. The van der Waals surface area contributed by atoms with Gasteiger partial charge in [-0.2, -0.15) is 0 Å². The second-order valence-corrected chi connectivity index (χ2v) is 8.05. The maximum atomic E-state index is 5.92. The monoisotopic (exact) mass is 313 g/mol. The second kappa shape index (κ2) is 8.96. The smallest absolute Gasteiger partial charge is 0.0406 e. The van der Waals surface area contributed by atoms with Gasteiger partial charge >= 0.3 is 0 Å². The van der Waals surface area contributed by atoms with E-state index in [-0.39, 0.29) is 0 Å². The Morgan fingerprint density at radius 2 is 1.85 bits per heavy atom. The normalized spacial score (nSPS) is 13.4. The molecule has 0 spiro atoms. The van der Waals surface area contributed by atoms with Crippen LogP contribution in [0.25, 0.3) is 0 Å². The number of thioether (sulfide) groups is 1. The average Bonchev–Trinajstić information content (AvgIpc) is 2.38. The number of rotatable bonds is 8. The quantitative estimate of drug-likeness (QED) is 0.624. The van der Waals surface area contributed by atoms with Crippen molar-refractivity contribution in [3.8, 4) is 0 Å². The zero-order chi connectivity index (χ0) is 15.0. The van der Waals surface area contributed by atoms with Gasteiger partial charge < -0.3 is 5.32 Å². The van der Waals surface area contributed by atoms with Gasteiger partial charge in [0, 0.05) is 21.7 Å². The second-order valence-electron chi connectivity index (χ2n) is 6.52. The Morgan fingerprint density at radius 1 is 1.20 bits per heavy atom. The molecule has 0 saturated carbocycles. The molecule has 0 heterocycles. The molecule has 1 nitrogen and oxygen atoms in total. The van der Waals surface area contributed by atoms with Crippen LogP contribution in [-0.2, 0) is 0 Å². The maximum Gasteiger partial charge on any atom is 0.0406 e. The van der Waals surface area contributed by atoms with Gasteiger partial charge in [-0.3, -0.25) is 0 Å². The first kappa shape index (κ1) is 17.9. The highest BCUT2D eigenvalue weighted by Gasteiger charge is 2.15. The Bertz CT molecular complexity index is 370. The standard InChI is InChI=1S/C17H28ClNS/c1-5-12-19-15(10-11-17(2,3)4)13-20-16-8-6-14(18)7-9-16/h6-9,15,19H,5,10-13H2,1-4H3. The molecule has 0 saturated heterocycles. The first-order valence-corrected chi connectivity index (χ1v) is 8.89. The molecule has 0 amide bonds. The average molecular weight is 314 g/mol. The summed E-state index contributed by atoms with van der Waals surface area (Å²) in [6, 6.07) is 8.73. The van der Waals surface area contributed by atoms with Crippen molar-refractivity contribution in [3.05, 3.63) is 29.3 Å². The largest absolute Gasteiger partial charge is 0.313 e. The van der Waals surface area contributed by atoms with Crippen LogP contribution in [0, 0.1) is 5.41 Å².